The molecule has 0 saturated carbocycles. The van der Waals surface area contributed by atoms with Gasteiger partial charge in [-0.1, -0.05) is 24.3 Å². The summed E-state index contributed by atoms with van der Waals surface area (Å²) < 4.78 is 22.4. The van der Waals surface area contributed by atoms with Crippen LogP contribution in [0.3, 0.4) is 0 Å². The molecule has 1 unspecified atom stereocenters. The molecule has 34 heavy (non-hydrogen) atoms. The first-order valence-corrected chi connectivity index (χ1v) is 12.1. The zero-order valence-corrected chi connectivity index (χ0v) is 20.2. The molecular weight excluding hydrogens is 430 g/mol. The Morgan fingerprint density at radius 2 is 2.00 bits per heavy atom. The van der Waals surface area contributed by atoms with E-state index in [-0.39, 0.29) is 11.9 Å². The number of hydrogen-bond donors (Lipinski definition) is 1. The van der Waals surface area contributed by atoms with Gasteiger partial charge in [0.25, 0.3) is 0 Å². The van der Waals surface area contributed by atoms with Crippen LogP contribution < -0.4 is 10.1 Å². The lowest BCUT2D eigenvalue weighted by Gasteiger charge is -2.31. The molecule has 0 radical (unpaired) electrons. The third-order valence-corrected chi connectivity index (χ3v) is 7.37. The quantitative estimate of drug-likeness (QED) is 0.589. The molecule has 1 spiro atoms. The van der Waals surface area contributed by atoms with Crippen molar-refractivity contribution in [2.45, 2.75) is 57.8 Å². The molecule has 0 amide bonds. The second-order valence-electron chi connectivity index (χ2n) is 9.48. The fourth-order valence-corrected chi connectivity index (χ4v) is 5.41. The molecule has 1 aliphatic carbocycles. The summed E-state index contributed by atoms with van der Waals surface area (Å²) in [6, 6.07) is 10.6. The third kappa shape index (κ3) is 4.44. The van der Waals surface area contributed by atoms with Crippen LogP contribution in [0.25, 0.3) is 5.57 Å². The zero-order valence-electron chi connectivity index (χ0n) is 20.2. The summed E-state index contributed by atoms with van der Waals surface area (Å²) in [5, 5.41) is 3.56. The number of nitrogens with one attached hydrogen (secondary N) is 1. The van der Waals surface area contributed by atoms with Gasteiger partial charge in [0.05, 0.1) is 33.4 Å². The first-order valence-electron chi connectivity index (χ1n) is 12.1. The summed E-state index contributed by atoms with van der Waals surface area (Å²) in [6.07, 6.45) is 5.34. The van der Waals surface area contributed by atoms with Crippen molar-refractivity contribution in [2.24, 2.45) is 0 Å². The maximum Gasteiger partial charge on any atom is 0.306 e. The number of allylic oxidation sites excluding steroid dienone is 1. The summed E-state index contributed by atoms with van der Waals surface area (Å²) in [7, 11) is 1.42. The molecule has 2 aliphatic heterocycles. The molecule has 2 heterocycles. The lowest BCUT2D eigenvalue weighted by atomic mass is 9.84. The topological polar surface area (TPSA) is 66.0 Å². The number of esters is 1. The van der Waals surface area contributed by atoms with Crippen molar-refractivity contribution < 1.29 is 23.7 Å². The number of aryl methyl sites for hydroxylation is 1. The van der Waals surface area contributed by atoms with E-state index in [9.17, 15) is 4.79 Å². The Balaban J connectivity index is 1.29. The first kappa shape index (κ1) is 22.9. The summed E-state index contributed by atoms with van der Waals surface area (Å²) in [6.45, 7) is 7.05. The van der Waals surface area contributed by atoms with Crippen LogP contribution in [0, 0.1) is 13.8 Å². The fraction of sp³-hybridized carbons (Fsp3) is 0.464. The number of hydrogen-bond acceptors (Lipinski definition) is 6. The van der Waals surface area contributed by atoms with E-state index in [0.29, 0.717) is 26.2 Å². The molecule has 3 aliphatic rings. The van der Waals surface area contributed by atoms with Gasteiger partial charge in [-0.2, -0.15) is 0 Å². The molecule has 2 aromatic carbocycles. The smallest absolute Gasteiger partial charge is 0.306 e. The highest BCUT2D eigenvalue weighted by atomic mass is 16.7. The van der Waals surface area contributed by atoms with E-state index in [2.05, 4.69) is 49.5 Å². The van der Waals surface area contributed by atoms with Crippen LogP contribution in [-0.4, -0.2) is 38.7 Å². The summed E-state index contributed by atoms with van der Waals surface area (Å²) in [5.74, 6) is 0.302. The molecule has 6 heteroatoms. The Kier molecular flexibility index (Phi) is 6.36. The third-order valence-electron chi connectivity index (χ3n) is 7.37. The number of methoxy groups -OCH3 is 1. The maximum absolute atomic E-state index is 11.7. The molecule has 1 atom stereocenters. The van der Waals surface area contributed by atoms with Crippen molar-refractivity contribution in [1.82, 2.24) is 0 Å². The van der Waals surface area contributed by atoms with Gasteiger partial charge in [0, 0.05) is 42.6 Å². The van der Waals surface area contributed by atoms with E-state index in [1.54, 1.807) is 0 Å². The minimum Gasteiger partial charge on any atom is -0.493 e. The number of rotatable bonds is 6. The van der Waals surface area contributed by atoms with Gasteiger partial charge in [-0.3, -0.25) is 4.79 Å². The number of fused-ring (bicyclic) bond motifs is 1. The number of benzene rings is 2. The van der Waals surface area contributed by atoms with Crippen LogP contribution in [0.15, 0.2) is 36.4 Å². The van der Waals surface area contributed by atoms with Gasteiger partial charge in [0.1, 0.15) is 5.75 Å². The molecule has 2 aromatic rings. The maximum atomic E-state index is 11.7. The van der Waals surface area contributed by atoms with Gasteiger partial charge in [0.15, 0.2) is 5.79 Å². The minimum atomic E-state index is -0.393. The second kappa shape index (κ2) is 9.43. The summed E-state index contributed by atoms with van der Waals surface area (Å²) >= 11 is 0. The fourth-order valence-electron chi connectivity index (χ4n) is 5.41. The van der Waals surface area contributed by atoms with Gasteiger partial charge in [-0.15, -0.1) is 0 Å². The molecule has 0 bridgehead atoms. The van der Waals surface area contributed by atoms with E-state index in [1.807, 2.05) is 6.07 Å². The van der Waals surface area contributed by atoms with E-state index in [4.69, 9.17) is 18.9 Å². The predicted molar refractivity (Wildman–Crippen MR) is 131 cm³/mol. The Morgan fingerprint density at radius 1 is 1.18 bits per heavy atom. The molecule has 5 rings (SSSR count). The molecule has 1 saturated heterocycles. The van der Waals surface area contributed by atoms with Crippen LogP contribution in [0.4, 0.5) is 5.69 Å². The highest BCUT2D eigenvalue weighted by Crippen LogP contribution is 2.41. The van der Waals surface area contributed by atoms with Crippen molar-refractivity contribution in [1.29, 1.82) is 0 Å². The molecule has 0 aromatic heterocycles. The van der Waals surface area contributed by atoms with Gasteiger partial charge < -0.3 is 24.3 Å². The summed E-state index contributed by atoms with van der Waals surface area (Å²) in [5.41, 5.74) is 8.73. The van der Waals surface area contributed by atoms with Gasteiger partial charge in [-0.05, 0) is 54.2 Å². The Morgan fingerprint density at radius 3 is 2.74 bits per heavy atom. The Bertz CT molecular complexity index is 1120. The van der Waals surface area contributed by atoms with Gasteiger partial charge in [0.2, 0.25) is 0 Å². The van der Waals surface area contributed by atoms with Crippen LogP contribution in [0.5, 0.6) is 5.75 Å². The average Bonchev–Trinajstić information content (AvgIpc) is 3.47. The summed E-state index contributed by atoms with van der Waals surface area (Å²) in [4.78, 5) is 11.7. The minimum absolute atomic E-state index is 0.0568. The van der Waals surface area contributed by atoms with Crippen LogP contribution in [0.2, 0.25) is 0 Å². The Hall–Kier alpha value is -2.83. The highest BCUT2D eigenvalue weighted by molar-refractivity contribution is 5.73. The van der Waals surface area contributed by atoms with Crippen molar-refractivity contribution in [3.63, 3.8) is 0 Å². The number of anilines is 1. The molecule has 180 valence electrons. The van der Waals surface area contributed by atoms with Crippen molar-refractivity contribution in [3.8, 4) is 5.75 Å². The van der Waals surface area contributed by atoms with Crippen molar-refractivity contribution in [2.75, 3.05) is 32.2 Å². The molecule has 6 nitrogen and oxygen atoms in total. The van der Waals surface area contributed by atoms with Crippen molar-refractivity contribution >= 4 is 17.2 Å². The van der Waals surface area contributed by atoms with E-state index >= 15 is 0 Å². The number of carbonyl (C=O) groups is 1. The van der Waals surface area contributed by atoms with Crippen LogP contribution >= 0.6 is 0 Å². The van der Waals surface area contributed by atoms with Crippen LogP contribution in [0.1, 0.15) is 59.4 Å². The van der Waals surface area contributed by atoms with Gasteiger partial charge >= 0.3 is 5.97 Å². The van der Waals surface area contributed by atoms with Crippen LogP contribution in [-0.2, 0) is 25.5 Å². The number of ether oxygens (including phenoxy) is 4. The lowest BCUT2D eigenvalue weighted by molar-refractivity contribution is -0.159. The largest absolute Gasteiger partial charge is 0.493 e. The SMILES string of the molecule is COC(=O)CC1COc2cc(NCc3ccc(C)c(C4=CCC5(CC4)OCCO5)c3C)ccc21. The molecule has 1 N–H and O–H groups in total. The monoisotopic (exact) mass is 463 g/mol. The molecule has 1 fully saturated rings. The number of carbonyl (C=O) groups excluding carboxylic acids is 1. The van der Waals surface area contributed by atoms with Gasteiger partial charge in [-0.25, -0.2) is 0 Å². The lowest BCUT2D eigenvalue weighted by Crippen LogP contribution is -2.31. The zero-order chi connectivity index (χ0) is 23.7. The standard InChI is InChI=1S/C28H33NO5/c1-18-4-5-21(19(2)27(18)20-8-10-28(11-9-20)33-12-13-34-28)16-29-23-6-7-24-22(14-26(30)31-3)17-32-25(24)15-23/h4-8,15,22,29H,9-14,16-17H2,1-3H3. The normalized spacial score (nSPS) is 20.6. The highest BCUT2D eigenvalue weighted by Gasteiger charge is 2.38. The predicted octanol–water partition coefficient (Wildman–Crippen LogP) is 5.27. The van der Waals surface area contributed by atoms with E-state index in [0.717, 1.165) is 42.8 Å². The van der Waals surface area contributed by atoms with E-state index in [1.165, 1.54) is 34.9 Å². The second-order valence-corrected chi connectivity index (χ2v) is 9.48. The molecular formula is C28H33NO5. The van der Waals surface area contributed by atoms with Crippen molar-refractivity contribution in [3.05, 3.63) is 64.2 Å². The average molecular weight is 464 g/mol. The van der Waals surface area contributed by atoms with E-state index < -0.39 is 5.79 Å². The first-order chi connectivity index (χ1) is 16.5. The Labute approximate surface area is 201 Å².